The van der Waals surface area contributed by atoms with Crippen molar-refractivity contribution in [2.45, 2.75) is 19.3 Å². The largest absolute Gasteiger partial charge is 0.466 e. The first-order valence-electron chi connectivity index (χ1n) is 6.73. The van der Waals surface area contributed by atoms with Crippen LogP contribution in [0.4, 0.5) is 13.2 Å². The van der Waals surface area contributed by atoms with Gasteiger partial charge in [-0.3, -0.25) is 9.78 Å². The van der Waals surface area contributed by atoms with Gasteiger partial charge in [0, 0.05) is 18.5 Å². The second-order valence-electron chi connectivity index (χ2n) is 4.65. The highest BCUT2D eigenvalue weighted by molar-refractivity contribution is 5.78. The monoisotopic (exact) mass is 309 g/mol. The number of halogens is 3. The molecule has 0 aliphatic carbocycles. The van der Waals surface area contributed by atoms with Gasteiger partial charge in [-0.25, -0.2) is 13.2 Å². The molecule has 1 heterocycles. The normalized spacial score (nSPS) is 12.0. The van der Waals surface area contributed by atoms with Gasteiger partial charge in [0.1, 0.15) is 5.82 Å². The first-order valence-corrected chi connectivity index (χ1v) is 6.73. The number of esters is 1. The lowest BCUT2D eigenvalue weighted by Crippen LogP contribution is -2.19. The van der Waals surface area contributed by atoms with Gasteiger partial charge in [0.15, 0.2) is 11.6 Å². The third-order valence-electron chi connectivity index (χ3n) is 3.19. The molecule has 3 nitrogen and oxygen atoms in total. The molecule has 0 spiro atoms. The Morgan fingerprint density at radius 2 is 1.77 bits per heavy atom. The first kappa shape index (κ1) is 16.0. The minimum Gasteiger partial charge on any atom is -0.466 e. The van der Waals surface area contributed by atoms with Gasteiger partial charge in [-0.05, 0) is 42.7 Å². The van der Waals surface area contributed by atoms with Crippen LogP contribution in [-0.2, 0) is 16.0 Å². The number of pyridine rings is 1. The van der Waals surface area contributed by atoms with Gasteiger partial charge in [0.25, 0.3) is 0 Å². The Kier molecular flexibility index (Phi) is 5.14. The minimum absolute atomic E-state index is 0.0891. The molecule has 0 radical (unpaired) electrons. The summed E-state index contributed by atoms with van der Waals surface area (Å²) in [6.07, 6.45) is 2.85. The van der Waals surface area contributed by atoms with Crippen molar-refractivity contribution in [3.05, 3.63) is 65.2 Å². The van der Waals surface area contributed by atoms with E-state index in [4.69, 9.17) is 4.74 Å². The van der Waals surface area contributed by atoms with E-state index in [2.05, 4.69) is 4.98 Å². The molecule has 22 heavy (non-hydrogen) atoms. The fourth-order valence-electron chi connectivity index (χ4n) is 2.12. The number of nitrogens with zero attached hydrogens (tertiary/aromatic N) is 1. The summed E-state index contributed by atoms with van der Waals surface area (Å²) in [5, 5.41) is 0. The minimum atomic E-state index is -1.27. The van der Waals surface area contributed by atoms with E-state index < -0.39 is 29.3 Å². The molecule has 1 atom stereocenters. The van der Waals surface area contributed by atoms with Crippen LogP contribution in [0.2, 0.25) is 0 Å². The number of aromatic nitrogens is 1. The zero-order valence-electron chi connectivity index (χ0n) is 11.9. The average Bonchev–Trinajstić information content (AvgIpc) is 2.50. The van der Waals surface area contributed by atoms with Crippen LogP contribution in [0.15, 0.2) is 36.7 Å². The van der Waals surface area contributed by atoms with Crippen molar-refractivity contribution in [1.82, 2.24) is 4.98 Å². The van der Waals surface area contributed by atoms with E-state index in [1.54, 1.807) is 19.1 Å². The highest BCUT2D eigenvalue weighted by atomic mass is 19.2. The van der Waals surface area contributed by atoms with Gasteiger partial charge in [0.2, 0.25) is 0 Å². The maximum atomic E-state index is 13.8. The fourth-order valence-corrected chi connectivity index (χ4v) is 2.12. The molecule has 1 unspecified atom stereocenters. The predicted molar refractivity (Wildman–Crippen MR) is 73.6 cm³/mol. The lowest BCUT2D eigenvalue weighted by atomic mass is 9.92. The number of carbonyl (C=O) groups is 1. The maximum Gasteiger partial charge on any atom is 0.313 e. The molecule has 1 aromatic heterocycles. The smallest absolute Gasteiger partial charge is 0.313 e. The van der Waals surface area contributed by atoms with Crippen LogP contribution in [0, 0.1) is 17.5 Å². The molecule has 0 bridgehead atoms. The van der Waals surface area contributed by atoms with Gasteiger partial charge < -0.3 is 4.74 Å². The molecular formula is C16H14F3NO2. The average molecular weight is 309 g/mol. The topological polar surface area (TPSA) is 39.2 Å². The van der Waals surface area contributed by atoms with Crippen molar-refractivity contribution in [2.24, 2.45) is 0 Å². The van der Waals surface area contributed by atoms with E-state index in [1.807, 2.05) is 0 Å². The van der Waals surface area contributed by atoms with Crippen molar-refractivity contribution in [3.8, 4) is 0 Å². The lowest BCUT2D eigenvalue weighted by molar-refractivity contribution is -0.144. The molecule has 2 rings (SSSR count). The van der Waals surface area contributed by atoms with Crippen molar-refractivity contribution in [3.63, 3.8) is 0 Å². The van der Waals surface area contributed by atoms with E-state index in [1.165, 1.54) is 12.4 Å². The van der Waals surface area contributed by atoms with Crippen molar-refractivity contribution >= 4 is 5.97 Å². The second kappa shape index (κ2) is 7.06. The van der Waals surface area contributed by atoms with Crippen LogP contribution < -0.4 is 0 Å². The zero-order chi connectivity index (χ0) is 16.1. The molecule has 0 aliphatic heterocycles. The highest BCUT2D eigenvalue weighted by Gasteiger charge is 2.24. The van der Waals surface area contributed by atoms with E-state index in [0.717, 1.165) is 6.07 Å². The number of hydrogen-bond acceptors (Lipinski definition) is 3. The summed E-state index contributed by atoms with van der Waals surface area (Å²) >= 11 is 0. The van der Waals surface area contributed by atoms with Crippen LogP contribution in [0.25, 0.3) is 0 Å². The number of hydrogen-bond donors (Lipinski definition) is 0. The Balaban J connectivity index is 2.35. The molecule has 1 aromatic carbocycles. The number of rotatable bonds is 5. The van der Waals surface area contributed by atoms with E-state index in [9.17, 15) is 18.0 Å². The molecule has 0 saturated carbocycles. The molecule has 0 N–H and O–H groups in total. The van der Waals surface area contributed by atoms with E-state index in [-0.39, 0.29) is 18.6 Å². The summed E-state index contributed by atoms with van der Waals surface area (Å²) in [6, 6.07) is 4.43. The zero-order valence-corrected chi connectivity index (χ0v) is 11.9. The Hall–Kier alpha value is -2.37. The number of carbonyl (C=O) groups excluding carboxylic acids is 1. The van der Waals surface area contributed by atoms with Gasteiger partial charge in [0.05, 0.1) is 12.5 Å². The third kappa shape index (κ3) is 3.63. The van der Waals surface area contributed by atoms with Gasteiger partial charge in [-0.15, -0.1) is 0 Å². The SMILES string of the molecule is CCOC(=O)C(Cc1cc(F)c(F)cc1F)c1ccncc1. The Labute approximate surface area is 125 Å². The number of ether oxygens (including phenoxy) is 1. The van der Waals surface area contributed by atoms with Gasteiger partial charge in [-0.2, -0.15) is 0 Å². The molecule has 0 fully saturated rings. The summed E-state index contributed by atoms with van der Waals surface area (Å²) in [6.45, 7) is 1.82. The standard InChI is InChI=1S/C16H14F3NO2/c1-2-22-16(21)12(10-3-5-20-6-4-10)7-11-8-14(18)15(19)9-13(11)17/h3-6,8-9,12H,2,7H2,1H3. The van der Waals surface area contributed by atoms with Crippen LogP contribution >= 0.6 is 0 Å². The molecule has 0 saturated heterocycles. The van der Waals surface area contributed by atoms with Crippen LogP contribution in [0.3, 0.4) is 0 Å². The first-order chi connectivity index (χ1) is 10.5. The maximum absolute atomic E-state index is 13.8. The van der Waals surface area contributed by atoms with Crippen molar-refractivity contribution < 1.29 is 22.7 Å². The van der Waals surface area contributed by atoms with Crippen molar-refractivity contribution in [1.29, 1.82) is 0 Å². The van der Waals surface area contributed by atoms with E-state index in [0.29, 0.717) is 11.6 Å². The Morgan fingerprint density at radius 3 is 2.41 bits per heavy atom. The lowest BCUT2D eigenvalue weighted by Gasteiger charge is -2.16. The Bertz CT molecular complexity index is 662. The molecule has 6 heteroatoms. The quantitative estimate of drug-likeness (QED) is 0.628. The molecular weight excluding hydrogens is 295 g/mol. The highest BCUT2D eigenvalue weighted by Crippen LogP contribution is 2.25. The van der Waals surface area contributed by atoms with Gasteiger partial charge in [-0.1, -0.05) is 0 Å². The summed E-state index contributed by atoms with van der Waals surface area (Å²) in [5.41, 5.74) is 0.478. The molecule has 0 amide bonds. The summed E-state index contributed by atoms with van der Waals surface area (Å²) in [7, 11) is 0. The predicted octanol–water partition coefficient (Wildman–Crippen LogP) is 3.39. The summed E-state index contributed by atoms with van der Waals surface area (Å²) < 4.78 is 45.0. The second-order valence-corrected chi connectivity index (χ2v) is 4.65. The van der Waals surface area contributed by atoms with Crippen molar-refractivity contribution in [2.75, 3.05) is 6.61 Å². The van der Waals surface area contributed by atoms with Crippen LogP contribution in [0.5, 0.6) is 0 Å². The Morgan fingerprint density at radius 1 is 1.14 bits per heavy atom. The van der Waals surface area contributed by atoms with Crippen LogP contribution in [0.1, 0.15) is 24.0 Å². The fraction of sp³-hybridized carbons (Fsp3) is 0.250. The number of benzene rings is 1. The molecule has 0 aliphatic rings. The third-order valence-corrected chi connectivity index (χ3v) is 3.19. The van der Waals surface area contributed by atoms with E-state index >= 15 is 0 Å². The summed E-state index contributed by atoms with van der Waals surface area (Å²) in [4.78, 5) is 15.9. The molecule has 116 valence electrons. The van der Waals surface area contributed by atoms with Crippen LogP contribution in [-0.4, -0.2) is 17.6 Å². The molecule has 2 aromatic rings. The van der Waals surface area contributed by atoms with Gasteiger partial charge >= 0.3 is 5.97 Å². The summed E-state index contributed by atoms with van der Waals surface area (Å²) in [5.74, 6) is -4.70.